The Kier molecular flexibility index (Phi) is 14.4. The third-order valence-electron chi connectivity index (χ3n) is 10.3. The zero-order valence-corrected chi connectivity index (χ0v) is 30.5. The van der Waals surface area contributed by atoms with Crippen LogP contribution in [0.1, 0.15) is 153 Å². The summed E-state index contributed by atoms with van der Waals surface area (Å²) in [6.45, 7) is 4.62. The van der Waals surface area contributed by atoms with Crippen LogP contribution in [0.5, 0.6) is 0 Å². The van der Waals surface area contributed by atoms with Gasteiger partial charge in [-0.05, 0) is 0 Å². The zero-order valence-electron chi connectivity index (χ0n) is 28.7. The number of benzene rings is 4. The van der Waals surface area contributed by atoms with Crippen LogP contribution in [0.25, 0.3) is 40.8 Å². The van der Waals surface area contributed by atoms with Crippen LogP contribution in [-0.2, 0) is 12.8 Å². The van der Waals surface area contributed by atoms with Crippen molar-refractivity contribution in [1.82, 2.24) is 0 Å². The average molecular weight is 668 g/mol. The van der Waals surface area contributed by atoms with E-state index >= 15 is 0 Å². The Labute approximate surface area is 281 Å². The summed E-state index contributed by atoms with van der Waals surface area (Å²) in [4.78, 5) is 0. The summed E-state index contributed by atoms with van der Waals surface area (Å²) < 4.78 is 3.25. The SMILES string of the molecule is CCCCCCCCCCCCc1cc2[se]c3cc(CCCCCCCCCCCC)c4ccccc4c3c2c2ccccc12. The molecule has 5 aromatic rings. The van der Waals surface area contributed by atoms with E-state index in [4.69, 9.17) is 0 Å². The zero-order chi connectivity index (χ0) is 31.1. The quantitative estimate of drug-likeness (QED) is 0.0509. The Bertz CT molecular complexity index is 1470. The van der Waals surface area contributed by atoms with E-state index in [1.807, 2.05) is 0 Å². The molecule has 0 aliphatic carbocycles. The molecule has 0 nitrogen and oxygen atoms in total. The number of hydrogen-bond acceptors (Lipinski definition) is 0. The van der Waals surface area contributed by atoms with Crippen molar-refractivity contribution >= 4 is 55.3 Å². The van der Waals surface area contributed by atoms with Crippen molar-refractivity contribution in [2.75, 3.05) is 0 Å². The average Bonchev–Trinajstić information content (AvgIpc) is 3.45. The van der Waals surface area contributed by atoms with Gasteiger partial charge in [0.25, 0.3) is 0 Å². The fourth-order valence-electron chi connectivity index (χ4n) is 7.66. The van der Waals surface area contributed by atoms with Crippen molar-refractivity contribution in [2.45, 2.75) is 155 Å². The second-order valence-electron chi connectivity index (χ2n) is 13.9. The second-order valence-corrected chi connectivity index (χ2v) is 16.1. The molecule has 1 heterocycles. The second kappa shape index (κ2) is 18.9. The summed E-state index contributed by atoms with van der Waals surface area (Å²) >= 11 is 0.387. The summed E-state index contributed by atoms with van der Waals surface area (Å²) in [6.07, 6.45) is 30.5. The Morgan fingerprint density at radius 3 is 1.04 bits per heavy atom. The Balaban J connectivity index is 1.26. The van der Waals surface area contributed by atoms with Crippen LogP contribution in [0.15, 0.2) is 60.7 Å². The molecule has 1 heteroatoms. The molecule has 0 fully saturated rings. The molecule has 5 rings (SSSR count). The van der Waals surface area contributed by atoms with Gasteiger partial charge >= 0.3 is 243 Å². The van der Waals surface area contributed by atoms with E-state index in [1.54, 1.807) is 30.4 Å². The molecular formula is C44H60Se. The maximum absolute atomic E-state index is 2.63. The van der Waals surface area contributed by atoms with E-state index in [0.717, 1.165) is 0 Å². The summed E-state index contributed by atoms with van der Waals surface area (Å²) in [7, 11) is 0. The standard InChI is InChI=1S/C44H60Se/c1-3-5-7-9-11-13-15-17-19-21-27-35-33-41-43(39-31-25-23-29-37(35)39)44-40-32-26-24-30-38(40)36(34-42(44)45-41)28-22-20-18-16-14-12-10-8-6-4-2/h23-26,29-34H,3-22,27-28H2,1-2H3. The van der Waals surface area contributed by atoms with Gasteiger partial charge in [0.2, 0.25) is 0 Å². The summed E-state index contributed by atoms with van der Waals surface area (Å²) in [6, 6.07) is 23.9. The molecule has 0 atom stereocenters. The summed E-state index contributed by atoms with van der Waals surface area (Å²) in [5.41, 5.74) is 3.18. The van der Waals surface area contributed by atoms with Gasteiger partial charge in [-0.1, -0.05) is 39.5 Å². The van der Waals surface area contributed by atoms with Gasteiger partial charge in [-0.3, -0.25) is 0 Å². The Morgan fingerprint density at radius 1 is 0.378 bits per heavy atom. The van der Waals surface area contributed by atoms with Gasteiger partial charge in [-0.15, -0.1) is 0 Å². The molecule has 45 heavy (non-hydrogen) atoms. The van der Waals surface area contributed by atoms with Gasteiger partial charge in [0.15, 0.2) is 0 Å². The first-order valence-corrected chi connectivity index (χ1v) is 20.8. The van der Waals surface area contributed by atoms with Crippen molar-refractivity contribution in [3.63, 3.8) is 0 Å². The van der Waals surface area contributed by atoms with Crippen molar-refractivity contribution in [2.24, 2.45) is 0 Å². The number of unbranched alkanes of at least 4 members (excludes halogenated alkanes) is 18. The first-order chi connectivity index (χ1) is 22.3. The molecule has 0 spiro atoms. The molecule has 0 aliphatic rings. The monoisotopic (exact) mass is 668 g/mol. The predicted molar refractivity (Wildman–Crippen MR) is 205 cm³/mol. The van der Waals surface area contributed by atoms with Crippen molar-refractivity contribution in [1.29, 1.82) is 0 Å². The van der Waals surface area contributed by atoms with E-state index in [-0.39, 0.29) is 0 Å². The van der Waals surface area contributed by atoms with Crippen LogP contribution in [0, 0.1) is 0 Å². The molecule has 0 aliphatic heterocycles. The van der Waals surface area contributed by atoms with Gasteiger partial charge in [-0.25, -0.2) is 0 Å². The molecule has 0 unspecified atom stereocenters. The van der Waals surface area contributed by atoms with Crippen molar-refractivity contribution in [3.05, 3.63) is 71.8 Å². The first kappa shape index (κ1) is 34.3. The fourth-order valence-corrected chi connectivity index (χ4v) is 10.3. The van der Waals surface area contributed by atoms with E-state index in [9.17, 15) is 0 Å². The van der Waals surface area contributed by atoms with Gasteiger partial charge < -0.3 is 0 Å². The van der Waals surface area contributed by atoms with Crippen LogP contribution in [0.3, 0.4) is 0 Å². The van der Waals surface area contributed by atoms with E-state index in [1.165, 1.54) is 163 Å². The first-order valence-electron chi connectivity index (χ1n) is 19.1. The number of aryl methyl sites for hydroxylation is 2. The molecule has 4 aromatic carbocycles. The summed E-state index contributed by atoms with van der Waals surface area (Å²) in [5.74, 6) is 0. The molecule has 0 bridgehead atoms. The minimum atomic E-state index is 0.387. The van der Waals surface area contributed by atoms with Crippen LogP contribution >= 0.6 is 0 Å². The molecule has 0 saturated heterocycles. The molecule has 1 aromatic heterocycles. The van der Waals surface area contributed by atoms with Crippen molar-refractivity contribution < 1.29 is 0 Å². The fraction of sp³-hybridized carbons (Fsp3) is 0.545. The molecular weight excluding hydrogens is 607 g/mol. The van der Waals surface area contributed by atoms with Crippen LogP contribution < -0.4 is 0 Å². The van der Waals surface area contributed by atoms with E-state index in [0.29, 0.717) is 14.5 Å². The number of rotatable bonds is 22. The van der Waals surface area contributed by atoms with Gasteiger partial charge in [0.1, 0.15) is 0 Å². The van der Waals surface area contributed by atoms with Crippen LogP contribution in [-0.4, -0.2) is 14.5 Å². The van der Waals surface area contributed by atoms with Crippen LogP contribution in [0.2, 0.25) is 0 Å². The Morgan fingerprint density at radius 2 is 0.689 bits per heavy atom. The Hall–Kier alpha value is -2.08. The summed E-state index contributed by atoms with van der Waals surface area (Å²) in [5, 5.41) is 9.07. The molecule has 242 valence electrons. The molecule has 0 amide bonds. The van der Waals surface area contributed by atoms with Gasteiger partial charge in [0, 0.05) is 0 Å². The van der Waals surface area contributed by atoms with Crippen LogP contribution in [0.4, 0.5) is 0 Å². The van der Waals surface area contributed by atoms with Gasteiger partial charge in [0.05, 0.1) is 0 Å². The minimum absolute atomic E-state index is 0.387. The normalized spacial score (nSPS) is 12.0. The van der Waals surface area contributed by atoms with E-state index in [2.05, 4.69) is 74.5 Å². The maximum atomic E-state index is 2.63. The third-order valence-corrected chi connectivity index (χ3v) is 12.5. The molecule has 0 saturated carbocycles. The predicted octanol–water partition coefficient (Wildman–Crippen LogP) is 14.3. The number of hydrogen-bond donors (Lipinski definition) is 0. The van der Waals surface area contributed by atoms with Crippen molar-refractivity contribution in [3.8, 4) is 0 Å². The topological polar surface area (TPSA) is 0 Å². The molecule has 0 radical (unpaired) electrons. The van der Waals surface area contributed by atoms with Gasteiger partial charge in [-0.2, -0.15) is 0 Å². The van der Waals surface area contributed by atoms with E-state index < -0.39 is 0 Å². The molecule has 0 N–H and O–H groups in total. The number of fused-ring (bicyclic) bond motifs is 7. The third kappa shape index (κ3) is 9.49.